The predicted molar refractivity (Wildman–Crippen MR) is 54.5 cm³/mol. The van der Waals surface area contributed by atoms with Gasteiger partial charge in [-0.1, -0.05) is 0 Å². The number of H-pyrrole nitrogens is 1. The maximum atomic E-state index is 9.48. The zero-order valence-electron chi connectivity index (χ0n) is 8.27. The van der Waals surface area contributed by atoms with Crippen molar-refractivity contribution in [2.45, 2.75) is 6.10 Å². The number of nitrogens with zero attached hydrogens (tertiary/aromatic N) is 2. The third-order valence-corrected chi connectivity index (χ3v) is 2.09. The number of rotatable bonds is 3. The molecule has 0 spiro atoms. The number of aliphatic hydroxyl groups excluding tert-OH is 1. The SMILES string of the molecule is COc1ccc2[nH]c(C(O)CN)nc2n1. The fraction of sp³-hybridized carbons (Fsp3) is 0.333. The summed E-state index contributed by atoms with van der Waals surface area (Å²) >= 11 is 0. The van der Waals surface area contributed by atoms with Crippen molar-refractivity contribution in [1.29, 1.82) is 0 Å². The van der Waals surface area contributed by atoms with E-state index in [0.717, 1.165) is 5.52 Å². The molecule has 0 saturated carbocycles. The second-order valence-electron chi connectivity index (χ2n) is 3.10. The Morgan fingerprint density at radius 2 is 2.33 bits per heavy atom. The van der Waals surface area contributed by atoms with Gasteiger partial charge in [0.2, 0.25) is 5.88 Å². The van der Waals surface area contributed by atoms with Gasteiger partial charge in [0, 0.05) is 12.6 Å². The number of methoxy groups -OCH3 is 1. The summed E-state index contributed by atoms with van der Waals surface area (Å²) in [5, 5.41) is 9.48. The lowest BCUT2D eigenvalue weighted by molar-refractivity contribution is 0.178. The second kappa shape index (κ2) is 3.84. The Bertz CT molecular complexity index is 468. The highest BCUT2D eigenvalue weighted by Gasteiger charge is 2.11. The summed E-state index contributed by atoms with van der Waals surface area (Å²) in [5.74, 6) is 0.913. The van der Waals surface area contributed by atoms with E-state index in [1.165, 1.54) is 7.11 Å². The molecule has 0 aromatic carbocycles. The van der Waals surface area contributed by atoms with Crippen molar-refractivity contribution in [1.82, 2.24) is 15.0 Å². The van der Waals surface area contributed by atoms with Crippen molar-refractivity contribution < 1.29 is 9.84 Å². The number of aliphatic hydroxyl groups is 1. The molecule has 0 saturated heterocycles. The van der Waals surface area contributed by atoms with Crippen molar-refractivity contribution in [2.24, 2.45) is 5.73 Å². The molecule has 0 radical (unpaired) electrons. The normalized spacial score (nSPS) is 13.0. The molecule has 0 aliphatic heterocycles. The first-order valence-electron chi connectivity index (χ1n) is 4.53. The Kier molecular flexibility index (Phi) is 2.53. The molecule has 15 heavy (non-hydrogen) atoms. The largest absolute Gasteiger partial charge is 0.481 e. The third kappa shape index (κ3) is 1.77. The van der Waals surface area contributed by atoms with Gasteiger partial charge in [-0.25, -0.2) is 4.98 Å². The highest BCUT2D eigenvalue weighted by atomic mass is 16.5. The van der Waals surface area contributed by atoms with Crippen LogP contribution in [0.2, 0.25) is 0 Å². The minimum absolute atomic E-state index is 0.122. The number of aromatic amines is 1. The molecular formula is C9H12N4O2. The van der Waals surface area contributed by atoms with Gasteiger partial charge in [0.25, 0.3) is 0 Å². The number of nitrogens with two attached hydrogens (primary N) is 1. The molecule has 0 aliphatic rings. The summed E-state index contributed by atoms with van der Waals surface area (Å²) in [6, 6.07) is 3.51. The fourth-order valence-electron chi connectivity index (χ4n) is 1.28. The summed E-state index contributed by atoms with van der Waals surface area (Å²) in [7, 11) is 1.54. The minimum atomic E-state index is -0.787. The van der Waals surface area contributed by atoms with E-state index in [9.17, 15) is 5.11 Å². The molecule has 6 nitrogen and oxygen atoms in total. The van der Waals surface area contributed by atoms with Crippen LogP contribution in [0.25, 0.3) is 11.2 Å². The minimum Gasteiger partial charge on any atom is -0.481 e. The maximum Gasteiger partial charge on any atom is 0.215 e. The standard InChI is InChI=1S/C9H12N4O2/c1-15-7-3-2-5-8(12-7)13-9(11-5)6(14)4-10/h2-3,6,14H,4,10H2,1H3,(H,11,12,13). The Balaban J connectivity index is 2.46. The van der Waals surface area contributed by atoms with Crippen LogP contribution in [0.3, 0.4) is 0 Å². The lowest BCUT2D eigenvalue weighted by Gasteiger charge is -2.00. The molecule has 0 fully saturated rings. The van der Waals surface area contributed by atoms with Crippen molar-refractivity contribution in [3.63, 3.8) is 0 Å². The molecular weight excluding hydrogens is 196 g/mol. The number of nitrogens with one attached hydrogen (secondary N) is 1. The summed E-state index contributed by atoms with van der Waals surface area (Å²) in [4.78, 5) is 11.2. The maximum absolute atomic E-state index is 9.48. The Morgan fingerprint density at radius 3 is 3.00 bits per heavy atom. The van der Waals surface area contributed by atoms with E-state index in [4.69, 9.17) is 10.5 Å². The van der Waals surface area contributed by atoms with Crippen LogP contribution in [0.15, 0.2) is 12.1 Å². The molecule has 2 aromatic rings. The van der Waals surface area contributed by atoms with Crippen LogP contribution in [0.5, 0.6) is 5.88 Å². The topological polar surface area (TPSA) is 97.0 Å². The van der Waals surface area contributed by atoms with E-state index >= 15 is 0 Å². The van der Waals surface area contributed by atoms with Gasteiger partial charge in [-0.3, -0.25) is 0 Å². The molecule has 80 valence electrons. The lowest BCUT2D eigenvalue weighted by Crippen LogP contribution is -2.12. The van der Waals surface area contributed by atoms with Gasteiger partial charge in [0.05, 0.1) is 12.6 Å². The average molecular weight is 208 g/mol. The van der Waals surface area contributed by atoms with Crippen LogP contribution in [-0.4, -0.2) is 33.7 Å². The molecule has 0 amide bonds. The number of hydrogen-bond donors (Lipinski definition) is 3. The van der Waals surface area contributed by atoms with E-state index in [2.05, 4.69) is 15.0 Å². The molecule has 4 N–H and O–H groups in total. The molecule has 0 bridgehead atoms. The highest BCUT2D eigenvalue weighted by molar-refractivity contribution is 5.71. The zero-order valence-corrected chi connectivity index (χ0v) is 8.27. The van der Waals surface area contributed by atoms with E-state index < -0.39 is 6.10 Å². The average Bonchev–Trinajstić information content (AvgIpc) is 2.70. The van der Waals surface area contributed by atoms with E-state index in [0.29, 0.717) is 17.4 Å². The van der Waals surface area contributed by atoms with E-state index in [-0.39, 0.29) is 6.54 Å². The van der Waals surface area contributed by atoms with E-state index in [1.807, 2.05) is 0 Å². The van der Waals surface area contributed by atoms with Gasteiger partial charge in [-0.15, -0.1) is 0 Å². The zero-order chi connectivity index (χ0) is 10.8. The van der Waals surface area contributed by atoms with Gasteiger partial charge in [-0.2, -0.15) is 4.98 Å². The van der Waals surface area contributed by atoms with Gasteiger partial charge < -0.3 is 20.6 Å². The first-order valence-corrected chi connectivity index (χ1v) is 4.53. The molecule has 1 unspecified atom stereocenters. The predicted octanol–water partition coefficient (Wildman–Crippen LogP) is -0.0414. The molecule has 0 aliphatic carbocycles. The number of aromatic nitrogens is 3. The van der Waals surface area contributed by atoms with Gasteiger partial charge in [-0.05, 0) is 6.07 Å². The molecule has 6 heteroatoms. The first-order chi connectivity index (χ1) is 7.24. The van der Waals surface area contributed by atoms with Crippen molar-refractivity contribution in [3.05, 3.63) is 18.0 Å². The summed E-state index contributed by atoms with van der Waals surface area (Å²) in [6.07, 6.45) is -0.787. The number of fused-ring (bicyclic) bond motifs is 1. The van der Waals surface area contributed by atoms with Crippen LogP contribution in [-0.2, 0) is 0 Å². The monoisotopic (exact) mass is 208 g/mol. The van der Waals surface area contributed by atoms with Crippen LogP contribution in [0.1, 0.15) is 11.9 Å². The number of pyridine rings is 1. The third-order valence-electron chi connectivity index (χ3n) is 2.09. The first kappa shape index (κ1) is 9.88. The van der Waals surface area contributed by atoms with Crippen molar-refractivity contribution >= 4 is 11.2 Å². The molecule has 2 aromatic heterocycles. The molecule has 2 rings (SSSR count). The Labute approximate surface area is 86.1 Å². The van der Waals surface area contributed by atoms with Crippen LogP contribution in [0.4, 0.5) is 0 Å². The summed E-state index contributed by atoms with van der Waals surface area (Å²) in [6.45, 7) is 0.122. The summed E-state index contributed by atoms with van der Waals surface area (Å²) < 4.78 is 4.97. The fourth-order valence-corrected chi connectivity index (χ4v) is 1.28. The second-order valence-corrected chi connectivity index (χ2v) is 3.10. The molecule has 1 atom stereocenters. The quantitative estimate of drug-likeness (QED) is 0.657. The van der Waals surface area contributed by atoms with Crippen LogP contribution < -0.4 is 10.5 Å². The summed E-state index contributed by atoms with van der Waals surface area (Å²) in [5.41, 5.74) is 6.59. The van der Waals surface area contributed by atoms with E-state index in [1.54, 1.807) is 12.1 Å². The Morgan fingerprint density at radius 1 is 1.53 bits per heavy atom. The van der Waals surface area contributed by atoms with Gasteiger partial charge in [0.15, 0.2) is 5.65 Å². The lowest BCUT2D eigenvalue weighted by atomic mass is 10.3. The van der Waals surface area contributed by atoms with Crippen molar-refractivity contribution in [3.8, 4) is 5.88 Å². The highest BCUT2D eigenvalue weighted by Crippen LogP contribution is 2.16. The van der Waals surface area contributed by atoms with Gasteiger partial charge >= 0.3 is 0 Å². The Hall–Kier alpha value is -1.66. The number of imidazole rings is 1. The number of ether oxygens (including phenoxy) is 1. The van der Waals surface area contributed by atoms with Crippen LogP contribution >= 0.6 is 0 Å². The van der Waals surface area contributed by atoms with Crippen LogP contribution in [0, 0.1) is 0 Å². The molecule has 2 heterocycles. The smallest absolute Gasteiger partial charge is 0.215 e. The number of hydrogen-bond acceptors (Lipinski definition) is 5. The van der Waals surface area contributed by atoms with Gasteiger partial charge in [0.1, 0.15) is 11.9 Å². The van der Waals surface area contributed by atoms with Crippen molar-refractivity contribution in [2.75, 3.05) is 13.7 Å².